The molecule has 140 valence electrons. The van der Waals surface area contributed by atoms with Gasteiger partial charge in [0.2, 0.25) is 5.91 Å². The van der Waals surface area contributed by atoms with Crippen LogP contribution in [0.2, 0.25) is 0 Å². The number of ketones is 1. The minimum atomic E-state index is -0.853. The Bertz CT molecular complexity index is 910. The lowest BCUT2D eigenvalue weighted by Crippen LogP contribution is -2.31. The van der Waals surface area contributed by atoms with Crippen molar-refractivity contribution in [2.24, 2.45) is 5.92 Å². The molecule has 0 saturated heterocycles. The van der Waals surface area contributed by atoms with Gasteiger partial charge in [0.1, 0.15) is 11.8 Å². The Hall–Kier alpha value is -3.35. The third kappa shape index (κ3) is 3.36. The predicted octanol–water partition coefficient (Wildman–Crippen LogP) is 3.36. The Balaban J connectivity index is 2.05. The van der Waals surface area contributed by atoms with E-state index in [2.05, 4.69) is 5.32 Å². The zero-order chi connectivity index (χ0) is 19.7. The van der Waals surface area contributed by atoms with E-state index in [1.165, 1.54) is 18.1 Å². The molecule has 1 unspecified atom stereocenters. The molecule has 2 heterocycles. The smallest absolute Gasteiger partial charge is 0.294 e. The number of amides is 2. The van der Waals surface area contributed by atoms with Crippen molar-refractivity contribution in [3.63, 3.8) is 0 Å². The van der Waals surface area contributed by atoms with Gasteiger partial charge in [-0.05, 0) is 36.4 Å². The number of hydrogen-bond acceptors (Lipinski definition) is 5. The van der Waals surface area contributed by atoms with E-state index in [0.717, 1.165) is 0 Å². The number of Topliss-reactive ketones (excluding diaryl/α,β-unsaturated/α-hetero) is 1. The molecule has 3 rings (SSSR count). The summed E-state index contributed by atoms with van der Waals surface area (Å²) < 4.78 is 5.45. The molecule has 0 radical (unpaired) electrons. The van der Waals surface area contributed by atoms with Crippen molar-refractivity contribution in [3.05, 3.63) is 59.8 Å². The first kappa shape index (κ1) is 18.4. The second kappa shape index (κ2) is 7.11. The Kier molecular flexibility index (Phi) is 4.85. The number of benzene rings is 1. The number of anilines is 2. The molecular formula is C20H20N2O5. The van der Waals surface area contributed by atoms with Gasteiger partial charge in [0.25, 0.3) is 5.91 Å². The van der Waals surface area contributed by atoms with Crippen LogP contribution in [-0.2, 0) is 14.4 Å². The van der Waals surface area contributed by atoms with E-state index in [1.54, 1.807) is 50.2 Å². The summed E-state index contributed by atoms with van der Waals surface area (Å²) in [6.45, 7) is 4.81. The normalized spacial score (nSPS) is 17.0. The number of aliphatic hydroxyl groups is 1. The lowest BCUT2D eigenvalue weighted by molar-refractivity contribution is -0.119. The maximum absolute atomic E-state index is 12.8. The highest BCUT2D eigenvalue weighted by Gasteiger charge is 2.46. The van der Waals surface area contributed by atoms with E-state index in [0.29, 0.717) is 17.1 Å². The first-order valence-corrected chi connectivity index (χ1v) is 8.53. The van der Waals surface area contributed by atoms with Crippen LogP contribution >= 0.6 is 0 Å². The summed E-state index contributed by atoms with van der Waals surface area (Å²) >= 11 is 0. The molecular weight excluding hydrogens is 348 g/mol. The molecule has 0 bridgehead atoms. The number of aliphatic hydroxyl groups excluding tert-OH is 1. The van der Waals surface area contributed by atoms with Crippen LogP contribution in [0.1, 0.15) is 32.6 Å². The first-order chi connectivity index (χ1) is 12.8. The van der Waals surface area contributed by atoms with Gasteiger partial charge in [-0.2, -0.15) is 0 Å². The topological polar surface area (TPSA) is 99.9 Å². The molecule has 7 nitrogen and oxygen atoms in total. The van der Waals surface area contributed by atoms with Crippen molar-refractivity contribution >= 4 is 29.0 Å². The fraction of sp³-hybridized carbons (Fsp3) is 0.250. The molecule has 2 amide bonds. The summed E-state index contributed by atoms with van der Waals surface area (Å²) in [5.41, 5.74) is 1.06. The predicted molar refractivity (Wildman–Crippen MR) is 99.2 cm³/mol. The lowest BCUT2D eigenvalue weighted by atomic mass is 9.94. The number of hydrogen-bond donors (Lipinski definition) is 2. The van der Waals surface area contributed by atoms with Crippen molar-refractivity contribution in [2.75, 3.05) is 10.2 Å². The second-order valence-corrected chi connectivity index (χ2v) is 6.60. The van der Waals surface area contributed by atoms with E-state index in [4.69, 9.17) is 4.42 Å². The Morgan fingerprint density at radius 2 is 1.85 bits per heavy atom. The summed E-state index contributed by atoms with van der Waals surface area (Å²) in [4.78, 5) is 37.9. The highest BCUT2D eigenvalue weighted by Crippen LogP contribution is 2.42. The van der Waals surface area contributed by atoms with Crippen LogP contribution in [-0.4, -0.2) is 22.7 Å². The fourth-order valence-electron chi connectivity index (χ4n) is 3.06. The minimum absolute atomic E-state index is 0.0240. The summed E-state index contributed by atoms with van der Waals surface area (Å²) in [6.07, 6.45) is 1.45. The molecule has 1 aliphatic rings. The van der Waals surface area contributed by atoms with Crippen molar-refractivity contribution in [3.8, 4) is 0 Å². The largest absolute Gasteiger partial charge is 0.503 e. The Morgan fingerprint density at radius 1 is 1.19 bits per heavy atom. The van der Waals surface area contributed by atoms with Crippen molar-refractivity contribution in [1.82, 2.24) is 0 Å². The van der Waals surface area contributed by atoms with E-state index in [9.17, 15) is 19.5 Å². The standard InChI is InChI=1S/C20H20N2O5/c1-11(2)18(24)16-17(15-5-4-10-27-15)22(20(26)19(16)25)14-8-6-13(7-9-14)21-12(3)23/h4-11,17,25H,1-3H3,(H,21,23). The van der Waals surface area contributed by atoms with Crippen LogP contribution in [0.4, 0.5) is 11.4 Å². The third-order valence-electron chi connectivity index (χ3n) is 4.28. The molecule has 0 spiro atoms. The van der Waals surface area contributed by atoms with Gasteiger partial charge in [0.15, 0.2) is 11.5 Å². The zero-order valence-electron chi connectivity index (χ0n) is 15.2. The SMILES string of the molecule is CC(=O)Nc1ccc(N2C(=O)C(O)=C(C(=O)C(C)C)C2c2ccco2)cc1. The number of rotatable bonds is 5. The Labute approximate surface area is 156 Å². The molecule has 27 heavy (non-hydrogen) atoms. The molecule has 1 aromatic heterocycles. The van der Waals surface area contributed by atoms with Gasteiger partial charge in [-0.1, -0.05) is 13.8 Å². The van der Waals surface area contributed by atoms with Gasteiger partial charge < -0.3 is 14.8 Å². The third-order valence-corrected chi connectivity index (χ3v) is 4.28. The molecule has 0 aliphatic carbocycles. The van der Waals surface area contributed by atoms with Crippen molar-refractivity contribution in [2.45, 2.75) is 26.8 Å². The molecule has 1 aromatic carbocycles. The van der Waals surface area contributed by atoms with Crippen LogP contribution in [0.25, 0.3) is 0 Å². The first-order valence-electron chi connectivity index (χ1n) is 8.53. The highest BCUT2D eigenvalue weighted by atomic mass is 16.3. The number of nitrogens with one attached hydrogen (secondary N) is 1. The summed E-state index contributed by atoms with van der Waals surface area (Å²) in [5.74, 6) is -1.79. The molecule has 7 heteroatoms. The number of nitrogens with zero attached hydrogens (tertiary/aromatic N) is 1. The maximum atomic E-state index is 12.8. The van der Waals surface area contributed by atoms with Crippen molar-refractivity contribution < 1.29 is 23.9 Å². The van der Waals surface area contributed by atoms with Gasteiger partial charge >= 0.3 is 0 Å². The summed E-state index contributed by atoms with van der Waals surface area (Å²) in [5, 5.41) is 13.1. The molecule has 1 aliphatic heterocycles. The zero-order valence-corrected chi connectivity index (χ0v) is 15.2. The monoisotopic (exact) mass is 368 g/mol. The minimum Gasteiger partial charge on any atom is -0.503 e. The quantitative estimate of drug-likeness (QED) is 0.843. The van der Waals surface area contributed by atoms with Crippen LogP contribution in [0.15, 0.2) is 58.4 Å². The average Bonchev–Trinajstić information content (AvgIpc) is 3.22. The van der Waals surface area contributed by atoms with Gasteiger partial charge in [-0.15, -0.1) is 0 Å². The van der Waals surface area contributed by atoms with Crippen LogP contribution in [0.3, 0.4) is 0 Å². The van der Waals surface area contributed by atoms with Gasteiger partial charge in [0.05, 0.1) is 11.8 Å². The van der Waals surface area contributed by atoms with E-state index in [-0.39, 0.29) is 17.3 Å². The molecule has 0 saturated carbocycles. The lowest BCUT2D eigenvalue weighted by Gasteiger charge is -2.25. The number of carbonyl (C=O) groups excluding carboxylic acids is 3. The number of furan rings is 1. The summed E-state index contributed by atoms with van der Waals surface area (Å²) in [6, 6.07) is 9.01. The average molecular weight is 368 g/mol. The van der Waals surface area contributed by atoms with Gasteiger partial charge in [0, 0.05) is 24.2 Å². The van der Waals surface area contributed by atoms with E-state index >= 15 is 0 Å². The second-order valence-electron chi connectivity index (χ2n) is 6.60. The highest BCUT2D eigenvalue weighted by molar-refractivity contribution is 6.16. The van der Waals surface area contributed by atoms with E-state index in [1.807, 2.05) is 0 Å². The van der Waals surface area contributed by atoms with Crippen molar-refractivity contribution in [1.29, 1.82) is 0 Å². The van der Waals surface area contributed by atoms with Crippen LogP contribution in [0, 0.1) is 5.92 Å². The fourth-order valence-corrected chi connectivity index (χ4v) is 3.06. The summed E-state index contributed by atoms with van der Waals surface area (Å²) in [7, 11) is 0. The van der Waals surface area contributed by atoms with Crippen LogP contribution < -0.4 is 10.2 Å². The molecule has 2 N–H and O–H groups in total. The number of carbonyl (C=O) groups is 3. The van der Waals surface area contributed by atoms with Gasteiger partial charge in [-0.3, -0.25) is 19.3 Å². The maximum Gasteiger partial charge on any atom is 0.294 e. The Morgan fingerprint density at radius 3 is 2.37 bits per heavy atom. The van der Waals surface area contributed by atoms with E-state index < -0.39 is 23.6 Å². The molecule has 2 aromatic rings. The van der Waals surface area contributed by atoms with Gasteiger partial charge in [-0.25, -0.2) is 0 Å². The molecule has 0 fully saturated rings. The molecule has 1 atom stereocenters. The van der Waals surface area contributed by atoms with Crippen LogP contribution in [0.5, 0.6) is 0 Å².